The highest BCUT2D eigenvalue weighted by atomic mass is 35.6. The van der Waals surface area contributed by atoms with E-state index in [1.54, 1.807) is 38.1 Å². The van der Waals surface area contributed by atoms with E-state index in [9.17, 15) is 14.4 Å². The van der Waals surface area contributed by atoms with E-state index in [0.717, 1.165) is 11.8 Å². The first-order valence-corrected chi connectivity index (χ1v) is 14.0. The Morgan fingerprint density at radius 2 is 2.08 bits per heavy atom. The van der Waals surface area contributed by atoms with Gasteiger partial charge < -0.3 is 19.5 Å². The number of aryl methyl sites for hydroxylation is 1. The van der Waals surface area contributed by atoms with Crippen LogP contribution in [-0.4, -0.2) is 66.2 Å². The zero-order chi connectivity index (χ0) is 27.1. The van der Waals surface area contributed by atoms with Crippen LogP contribution in [0.4, 0.5) is 0 Å². The van der Waals surface area contributed by atoms with E-state index in [4.69, 9.17) is 60.9 Å². The van der Waals surface area contributed by atoms with Gasteiger partial charge in [-0.2, -0.15) is 5.26 Å². The molecule has 2 fully saturated rings. The van der Waals surface area contributed by atoms with Crippen LogP contribution in [0.2, 0.25) is 5.02 Å². The summed E-state index contributed by atoms with van der Waals surface area (Å²) in [6.07, 6.45) is 0. The van der Waals surface area contributed by atoms with Gasteiger partial charge in [-0.15, -0.1) is 11.8 Å². The lowest BCUT2D eigenvalue weighted by Crippen LogP contribution is -2.71. The Bertz CT molecular complexity index is 1300. The number of ether oxygens (including phenoxy) is 1. The number of benzene rings is 1. The van der Waals surface area contributed by atoms with Crippen LogP contribution in [-0.2, 0) is 14.3 Å². The van der Waals surface area contributed by atoms with Crippen molar-refractivity contribution in [3.8, 4) is 16.7 Å². The molecule has 4 atom stereocenters. The molecule has 196 valence electrons. The van der Waals surface area contributed by atoms with Crippen molar-refractivity contribution < 1.29 is 23.6 Å². The lowest BCUT2D eigenvalue weighted by molar-refractivity contribution is -0.163. The lowest BCUT2D eigenvalue weighted by Gasteiger charge is -2.44. The third kappa shape index (κ3) is 5.51. The van der Waals surface area contributed by atoms with E-state index >= 15 is 0 Å². The smallest absolute Gasteiger partial charge is 0.330 e. The first-order chi connectivity index (χ1) is 17.4. The molecule has 2 aliphatic rings. The standard InChI is InChI=1S/C22H18Cl4N4O5S2/c1-10-13(14(29-35-10)11-5-3-4-6-12(11)23)17(31)28-15-18(32)30-16(20(33)34-7-22(24,25)26)21(2,8-36-9-27)37-19(15)30/h3-6,15-16,19H,7-8H2,1-2H3,(H,28,31)/t15?,16?,19-,21?/m1/s1. The second kappa shape index (κ2) is 10.8. The number of aromatic nitrogens is 1. The number of β-lactam (4-membered cyclic amide) rings is 1. The molecular weight excluding hydrogens is 606 g/mol. The van der Waals surface area contributed by atoms with Gasteiger partial charge in [0, 0.05) is 11.3 Å². The number of fused-ring (bicyclic) bond motifs is 1. The van der Waals surface area contributed by atoms with Gasteiger partial charge in [-0.05, 0) is 31.7 Å². The average Bonchev–Trinajstić information content (AvgIpc) is 3.35. The minimum Gasteiger partial charge on any atom is -0.460 e. The van der Waals surface area contributed by atoms with Crippen LogP contribution in [0.3, 0.4) is 0 Å². The molecule has 0 radical (unpaired) electrons. The van der Waals surface area contributed by atoms with E-state index in [-0.39, 0.29) is 22.8 Å². The fraction of sp³-hybridized carbons (Fsp3) is 0.409. The highest BCUT2D eigenvalue weighted by Crippen LogP contribution is 2.52. The van der Waals surface area contributed by atoms with Crippen molar-refractivity contribution in [2.45, 2.75) is 39.8 Å². The summed E-state index contributed by atoms with van der Waals surface area (Å²) >= 11 is 25.6. The number of carbonyl (C=O) groups is 3. The average molecular weight is 624 g/mol. The summed E-state index contributed by atoms with van der Waals surface area (Å²) in [6, 6.07) is 4.86. The number of thiocyanates is 1. The summed E-state index contributed by atoms with van der Waals surface area (Å²) in [5.74, 6) is -1.37. The van der Waals surface area contributed by atoms with Gasteiger partial charge in [-0.3, -0.25) is 9.59 Å². The predicted molar refractivity (Wildman–Crippen MR) is 143 cm³/mol. The number of nitriles is 1. The maximum Gasteiger partial charge on any atom is 0.330 e. The zero-order valence-corrected chi connectivity index (χ0v) is 23.8. The van der Waals surface area contributed by atoms with Crippen LogP contribution in [0.1, 0.15) is 23.0 Å². The molecule has 4 rings (SSSR count). The number of rotatable bonds is 7. The molecule has 0 saturated carbocycles. The van der Waals surface area contributed by atoms with Gasteiger partial charge in [0.05, 0.1) is 9.77 Å². The first-order valence-electron chi connectivity index (χ1n) is 10.6. The number of alkyl halides is 3. The molecule has 1 aromatic carbocycles. The van der Waals surface area contributed by atoms with Crippen LogP contribution in [0.25, 0.3) is 11.3 Å². The Balaban J connectivity index is 1.57. The van der Waals surface area contributed by atoms with Crippen LogP contribution in [0, 0.1) is 17.6 Å². The SMILES string of the molecule is Cc1onc(-c2ccccc2Cl)c1C(=O)NC1C(=O)N2C(C(=O)OCC(Cl)(Cl)Cl)C(C)(CSC#N)S[C@H]12. The highest BCUT2D eigenvalue weighted by molar-refractivity contribution is 8.06. The fourth-order valence-electron chi connectivity index (χ4n) is 4.23. The number of thioether (sulfide) groups is 2. The van der Waals surface area contributed by atoms with Gasteiger partial charge in [-0.25, -0.2) is 4.79 Å². The molecule has 37 heavy (non-hydrogen) atoms. The maximum absolute atomic E-state index is 13.3. The third-order valence-corrected chi connectivity index (χ3v) is 9.22. The Hall–Kier alpha value is -1.81. The summed E-state index contributed by atoms with van der Waals surface area (Å²) in [7, 11) is 0. The quantitative estimate of drug-likeness (QED) is 0.204. The molecule has 0 bridgehead atoms. The number of nitrogens with zero attached hydrogens (tertiary/aromatic N) is 3. The summed E-state index contributed by atoms with van der Waals surface area (Å²) in [4.78, 5) is 40.8. The maximum atomic E-state index is 13.3. The van der Waals surface area contributed by atoms with E-state index in [1.165, 1.54) is 16.7 Å². The molecule has 2 amide bonds. The second-order valence-electron chi connectivity index (χ2n) is 8.47. The molecule has 3 unspecified atom stereocenters. The van der Waals surface area contributed by atoms with Crippen LogP contribution in [0.5, 0.6) is 0 Å². The number of esters is 1. The van der Waals surface area contributed by atoms with Crippen LogP contribution in [0.15, 0.2) is 28.8 Å². The van der Waals surface area contributed by atoms with Crippen molar-refractivity contribution in [1.29, 1.82) is 5.26 Å². The van der Waals surface area contributed by atoms with E-state index in [2.05, 4.69) is 10.5 Å². The van der Waals surface area contributed by atoms with Crippen LogP contribution >= 0.6 is 69.9 Å². The molecule has 2 aliphatic heterocycles. The van der Waals surface area contributed by atoms with E-state index < -0.39 is 50.4 Å². The van der Waals surface area contributed by atoms with Crippen molar-refractivity contribution in [3.63, 3.8) is 0 Å². The second-order valence-corrected chi connectivity index (χ2v) is 13.8. The number of amides is 2. The van der Waals surface area contributed by atoms with E-state index in [1.807, 2.05) is 5.40 Å². The van der Waals surface area contributed by atoms with Crippen molar-refractivity contribution in [2.24, 2.45) is 0 Å². The predicted octanol–water partition coefficient (Wildman–Crippen LogP) is 4.57. The Kier molecular flexibility index (Phi) is 8.19. The first kappa shape index (κ1) is 28.2. The summed E-state index contributed by atoms with van der Waals surface area (Å²) in [6.45, 7) is 2.81. The number of nitrogens with one attached hydrogen (secondary N) is 1. The fourth-order valence-corrected chi connectivity index (χ4v) is 7.12. The van der Waals surface area contributed by atoms with E-state index in [0.29, 0.717) is 10.6 Å². The molecule has 1 N–H and O–H groups in total. The molecular formula is C22H18Cl4N4O5S2. The van der Waals surface area contributed by atoms with Crippen molar-refractivity contribution in [2.75, 3.05) is 12.4 Å². The molecule has 2 aromatic rings. The minimum atomic E-state index is -1.83. The number of halogens is 4. The number of hydrogen-bond donors (Lipinski definition) is 1. The lowest BCUT2D eigenvalue weighted by atomic mass is 9.95. The molecule has 0 spiro atoms. The minimum absolute atomic E-state index is 0.142. The van der Waals surface area contributed by atoms with Gasteiger partial charge in [0.15, 0.2) is 0 Å². The molecule has 3 heterocycles. The highest BCUT2D eigenvalue weighted by Gasteiger charge is 2.66. The normalized spacial score (nSPS) is 24.7. The van der Waals surface area contributed by atoms with Crippen molar-refractivity contribution >= 4 is 87.7 Å². The largest absolute Gasteiger partial charge is 0.460 e. The topological polar surface area (TPSA) is 126 Å². The van der Waals surface area contributed by atoms with Gasteiger partial charge in [0.2, 0.25) is 9.70 Å². The monoisotopic (exact) mass is 622 g/mol. The van der Waals surface area contributed by atoms with Gasteiger partial charge >= 0.3 is 5.97 Å². The van der Waals surface area contributed by atoms with Crippen molar-refractivity contribution in [3.05, 3.63) is 40.6 Å². The Labute approximate surface area is 240 Å². The molecule has 0 aliphatic carbocycles. The summed E-state index contributed by atoms with van der Waals surface area (Å²) in [5.41, 5.74) is 0.885. The van der Waals surface area contributed by atoms with Gasteiger partial charge in [-0.1, -0.05) is 69.8 Å². The summed E-state index contributed by atoms with van der Waals surface area (Å²) < 4.78 is 7.70. The van der Waals surface area contributed by atoms with Crippen LogP contribution < -0.4 is 5.32 Å². The van der Waals surface area contributed by atoms with Crippen molar-refractivity contribution in [1.82, 2.24) is 15.4 Å². The molecule has 2 saturated heterocycles. The molecule has 1 aromatic heterocycles. The van der Waals surface area contributed by atoms with Gasteiger partial charge in [0.1, 0.15) is 46.5 Å². The zero-order valence-electron chi connectivity index (χ0n) is 19.2. The number of carbonyl (C=O) groups excluding carboxylic acids is 3. The Morgan fingerprint density at radius 3 is 2.73 bits per heavy atom. The molecule has 9 nitrogen and oxygen atoms in total. The third-order valence-electron chi connectivity index (χ3n) is 5.86. The van der Waals surface area contributed by atoms with Gasteiger partial charge in [0.25, 0.3) is 5.91 Å². The number of hydrogen-bond acceptors (Lipinski definition) is 9. The summed E-state index contributed by atoms with van der Waals surface area (Å²) in [5, 5.41) is 17.6. The Morgan fingerprint density at radius 1 is 1.38 bits per heavy atom. The molecule has 15 heteroatoms.